The average Bonchev–Trinajstić information content (AvgIpc) is 2.44. The lowest BCUT2D eigenvalue weighted by atomic mass is 10.2. The third-order valence-corrected chi connectivity index (χ3v) is 3.88. The second-order valence-electron chi connectivity index (χ2n) is 4.58. The molecule has 1 amide bonds. The van der Waals surface area contributed by atoms with Gasteiger partial charge in [0.25, 0.3) is 0 Å². The minimum Gasteiger partial charge on any atom is -0.385 e. The second kappa shape index (κ2) is 9.80. The Morgan fingerprint density at radius 2 is 2.25 bits per heavy atom. The maximum absolute atomic E-state index is 11.9. The van der Waals surface area contributed by atoms with Crippen LogP contribution in [0.25, 0.3) is 0 Å². The second-order valence-corrected chi connectivity index (χ2v) is 5.99. The summed E-state index contributed by atoms with van der Waals surface area (Å²) in [4.78, 5) is 13.1. The molecule has 0 aromatic heterocycles. The van der Waals surface area contributed by atoms with Crippen LogP contribution < -0.4 is 10.6 Å². The zero-order chi connectivity index (χ0) is 14.8. The number of rotatable bonds is 9. The summed E-state index contributed by atoms with van der Waals surface area (Å²) in [6, 6.07) is 8.27. The lowest BCUT2D eigenvalue weighted by Crippen LogP contribution is -2.32. The number of nitrogens with one attached hydrogen (secondary N) is 2. The standard InChI is InChI=1S/C15H24N2O2S/c1-12(15(18)17-8-5-9-19-3)20-14-7-4-6-13(10-14)11-16-2/h4,6-7,10,12,16H,5,8-9,11H2,1-3H3,(H,17,18). The smallest absolute Gasteiger partial charge is 0.233 e. The van der Waals surface area contributed by atoms with Crippen molar-refractivity contribution in [3.63, 3.8) is 0 Å². The summed E-state index contributed by atoms with van der Waals surface area (Å²) in [5.41, 5.74) is 1.23. The van der Waals surface area contributed by atoms with Gasteiger partial charge in [0, 0.05) is 31.7 Å². The fraction of sp³-hybridized carbons (Fsp3) is 0.533. The first kappa shape index (κ1) is 17.0. The Bertz CT molecular complexity index is 413. The topological polar surface area (TPSA) is 50.4 Å². The first-order valence-corrected chi connectivity index (χ1v) is 7.72. The van der Waals surface area contributed by atoms with Crippen LogP contribution in [-0.2, 0) is 16.1 Å². The van der Waals surface area contributed by atoms with Crippen molar-refractivity contribution in [3.8, 4) is 0 Å². The molecule has 1 aromatic carbocycles. The summed E-state index contributed by atoms with van der Waals surface area (Å²) in [5.74, 6) is 0.0742. The molecule has 2 N–H and O–H groups in total. The average molecular weight is 296 g/mol. The van der Waals surface area contributed by atoms with Crippen LogP contribution >= 0.6 is 11.8 Å². The fourth-order valence-electron chi connectivity index (χ4n) is 1.76. The zero-order valence-corrected chi connectivity index (χ0v) is 13.3. The molecule has 1 unspecified atom stereocenters. The van der Waals surface area contributed by atoms with E-state index in [1.54, 1.807) is 18.9 Å². The number of methoxy groups -OCH3 is 1. The Kier molecular flexibility index (Phi) is 8.34. The highest BCUT2D eigenvalue weighted by Gasteiger charge is 2.13. The Balaban J connectivity index is 2.42. The number of hydrogen-bond donors (Lipinski definition) is 2. The van der Waals surface area contributed by atoms with Gasteiger partial charge < -0.3 is 15.4 Å². The number of carbonyl (C=O) groups is 1. The van der Waals surface area contributed by atoms with Crippen molar-refractivity contribution in [1.82, 2.24) is 10.6 Å². The molecule has 4 nitrogen and oxygen atoms in total. The third kappa shape index (κ3) is 6.41. The number of benzene rings is 1. The van der Waals surface area contributed by atoms with Gasteiger partial charge in [-0.2, -0.15) is 0 Å². The van der Waals surface area contributed by atoms with Gasteiger partial charge in [-0.05, 0) is 38.1 Å². The summed E-state index contributed by atoms with van der Waals surface area (Å²) in [6.07, 6.45) is 0.845. The van der Waals surface area contributed by atoms with Gasteiger partial charge in [0.1, 0.15) is 0 Å². The maximum Gasteiger partial charge on any atom is 0.233 e. The Labute approximate surface area is 125 Å². The fourth-order valence-corrected chi connectivity index (χ4v) is 2.74. The maximum atomic E-state index is 11.9. The summed E-state index contributed by atoms with van der Waals surface area (Å²) in [6.45, 7) is 4.11. The van der Waals surface area contributed by atoms with Gasteiger partial charge in [-0.15, -0.1) is 11.8 Å². The van der Waals surface area contributed by atoms with Crippen LogP contribution in [0.1, 0.15) is 18.9 Å². The number of thioether (sulfide) groups is 1. The molecule has 20 heavy (non-hydrogen) atoms. The molecule has 1 aromatic rings. The lowest BCUT2D eigenvalue weighted by Gasteiger charge is -2.12. The van der Waals surface area contributed by atoms with Crippen LogP contribution in [-0.4, -0.2) is 38.5 Å². The summed E-state index contributed by atoms with van der Waals surface area (Å²) < 4.78 is 4.95. The van der Waals surface area contributed by atoms with Gasteiger partial charge in [-0.25, -0.2) is 0 Å². The molecule has 112 valence electrons. The third-order valence-electron chi connectivity index (χ3n) is 2.79. The zero-order valence-electron chi connectivity index (χ0n) is 12.4. The van der Waals surface area contributed by atoms with E-state index in [2.05, 4.69) is 22.8 Å². The van der Waals surface area contributed by atoms with Crippen LogP contribution in [0.5, 0.6) is 0 Å². The van der Waals surface area contributed by atoms with E-state index in [1.165, 1.54) is 5.56 Å². The monoisotopic (exact) mass is 296 g/mol. The molecule has 0 saturated heterocycles. The van der Waals surface area contributed by atoms with E-state index in [1.807, 2.05) is 26.1 Å². The van der Waals surface area contributed by atoms with Crippen LogP contribution in [0.15, 0.2) is 29.2 Å². The van der Waals surface area contributed by atoms with E-state index in [4.69, 9.17) is 4.74 Å². The van der Waals surface area contributed by atoms with Gasteiger partial charge >= 0.3 is 0 Å². The van der Waals surface area contributed by atoms with E-state index in [0.29, 0.717) is 13.2 Å². The van der Waals surface area contributed by atoms with Crippen LogP contribution in [0.3, 0.4) is 0 Å². The van der Waals surface area contributed by atoms with Crippen LogP contribution in [0.2, 0.25) is 0 Å². The first-order valence-electron chi connectivity index (χ1n) is 6.84. The minimum atomic E-state index is -0.0950. The van der Waals surface area contributed by atoms with E-state index >= 15 is 0 Å². The molecule has 0 aliphatic heterocycles. The first-order chi connectivity index (χ1) is 9.67. The molecule has 0 aliphatic carbocycles. The molecule has 0 spiro atoms. The molecule has 1 atom stereocenters. The predicted octanol–water partition coefficient (Wildman–Crippen LogP) is 2.04. The van der Waals surface area contributed by atoms with Crippen molar-refractivity contribution in [1.29, 1.82) is 0 Å². The number of amides is 1. The van der Waals surface area contributed by atoms with Crippen molar-refractivity contribution >= 4 is 17.7 Å². The van der Waals surface area contributed by atoms with E-state index in [-0.39, 0.29) is 11.2 Å². The lowest BCUT2D eigenvalue weighted by molar-refractivity contribution is -0.120. The Morgan fingerprint density at radius 1 is 1.45 bits per heavy atom. The normalized spacial score (nSPS) is 12.2. The highest BCUT2D eigenvalue weighted by atomic mass is 32.2. The molecule has 0 fully saturated rings. The van der Waals surface area contributed by atoms with Gasteiger partial charge in [-0.3, -0.25) is 4.79 Å². The van der Waals surface area contributed by atoms with Gasteiger partial charge in [0.2, 0.25) is 5.91 Å². The molecular weight excluding hydrogens is 272 g/mol. The molecule has 1 rings (SSSR count). The number of carbonyl (C=O) groups excluding carboxylic acids is 1. The molecule has 0 bridgehead atoms. The Morgan fingerprint density at radius 3 is 2.95 bits per heavy atom. The molecule has 5 heteroatoms. The minimum absolute atomic E-state index is 0.0742. The highest BCUT2D eigenvalue weighted by Crippen LogP contribution is 2.24. The van der Waals surface area contributed by atoms with Crippen LogP contribution in [0, 0.1) is 0 Å². The molecular formula is C15H24N2O2S. The summed E-state index contributed by atoms with van der Waals surface area (Å²) in [7, 11) is 3.59. The van der Waals surface area contributed by atoms with Crippen molar-refractivity contribution in [2.75, 3.05) is 27.3 Å². The van der Waals surface area contributed by atoms with E-state index < -0.39 is 0 Å². The predicted molar refractivity (Wildman–Crippen MR) is 84.0 cm³/mol. The SMILES string of the molecule is CNCc1cccc(SC(C)C(=O)NCCCOC)c1. The Hall–Kier alpha value is -1.04. The molecule has 0 radical (unpaired) electrons. The largest absolute Gasteiger partial charge is 0.385 e. The van der Waals surface area contributed by atoms with Crippen molar-refractivity contribution < 1.29 is 9.53 Å². The number of ether oxygens (including phenoxy) is 1. The van der Waals surface area contributed by atoms with Gasteiger partial charge in [0.15, 0.2) is 0 Å². The molecule has 0 saturated carbocycles. The van der Waals surface area contributed by atoms with Crippen molar-refractivity contribution in [2.45, 2.75) is 30.0 Å². The van der Waals surface area contributed by atoms with E-state index in [9.17, 15) is 4.79 Å². The highest BCUT2D eigenvalue weighted by molar-refractivity contribution is 8.00. The summed E-state index contributed by atoms with van der Waals surface area (Å²) >= 11 is 1.58. The van der Waals surface area contributed by atoms with Crippen molar-refractivity contribution in [3.05, 3.63) is 29.8 Å². The number of hydrogen-bond acceptors (Lipinski definition) is 4. The van der Waals surface area contributed by atoms with Gasteiger partial charge in [0.05, 0.1) is 5.25 Å². The van der Waals surface area contributed by atoms with Crippen LogP contribution in [0.4, 0.5) is 0 Å². The molecule has 0 aliphatic rings. The van der Waals surface area contributed by atoms with Gasteiger partial charge in [-0.1, -0.05) is 12.1 Å². The van der Waals surface area contributed by atoms with Crippen molar-refractivity contribution in [2.24, 2.45) is 0 Å². The quantitative estimate of drug-likeness (QED) is 0.541. The molecule has 0 heterocycles. The van der Waals surface area contributed by atoms with E-state index in [0.717, 1.165) is 17.9 Å². The summed E-state index contributed by atoms with van der Waals surface area (Å²) in [5, 5.41) is 5.96.